The van der Waals surface area contributed by atoms with Crippen LogP contribution in [0.1, 0.15) is 49.4 Å². The Morgan fingerprint density at radius 1 is 1.37 bits per heavy atom. The van der Waals surface area contributed by atoms with E-state index < -0.39 is 0 Å². The van der Waals surface area contributed by atoms with Crippen LogP contribution in [0.25, 0.3) is 0 Å². The van der Waals surface area contributed by atoms with Crippen LogP contribution in [0.3, 0.4) is 0 Å². The van der Waals surface area contributed by atoms with Crippen LogP contribution in [0.5, 0.6) is 5.88 Å². The second-order valence-corrected chi connectivity index (χ2v) is 7.41. The number of hydrogen-bond donors (Lipinski definition) is 0. The molecule has 8 heteroatoms. The van der Waals surface area contributed by atoms with E-state index in [9.17, 15) is 9.59 Å². The zero-order chi connectivity index (χ0) is 19.4. The van der Waals surface area contributed by atoms with Gasteiger partial charge in [0.2, 0.25) is 5.88 Å². The Balaban J connectivity index is 1.62. The number of piperidine rings is 1. The first-order chi connectivity index (χ1) is 13.0. The molecule has 2 aliphatic rings. The number of hydrogen-bond acceptors (Lipinski definition) is 5. The van der Waals surface area contributed by atoms with E-state index in [2.05, 4.69) is 11.9 Å². The predicted molar refractivity (Wildman–Crippen MR) is 101 cm³/mol. The number of cyclic esters (lactones) is 1. The Labute approximate surface area is 164 Å². The molecular formula is C19H26ClN3O4. The van der Waals surface area contributed by atoms with Crippen molar-refractivity contribution in [3.8, 4) is 5.88 Å². The molecular weight excluding hydrogens is 370 g/mol. The number of likely N-dealkylation sites (tertiary alicyclic amines) is 1. The zero-order valence-corrected chi connectivity index (χ0v) is 16.6. The molecule has 27 heavy (non-hydrogen) atoms. The summed E-state index contributed by atoms with van der Waals surface area (Å²) >= 11 is 5.97. The van der Waals surface area contributed by atoms with Gasteiger partial charge in [-0.3, -0.25) is 9.69 Å². The van der Waals surface area contributed by atoms with Crippen molar-refractivity contribution >= 4 is 23.6 Å². The van der Waals surface area contributed by atoms with Gasteiger partial charge < -0.3 is 14.4 Å². The molecule has 0 aromatic carbocycles. The highest BCUT2D eigenvalue weighted by molar-refractivity contribution is 6.29. The third-order valence-electron chi connectivity index (χ3n) is 5.27. The largest absolute Gasteiger partial charge is 0.481 e. The molecule has 0 aliphatic carbocycles. The van der Waals surface area contributed by atoms with Gasteiger partial charge in [-0.05, 0) is 25.3 Å². The van der Waals surface area contributed by atoms with Gasteiger partial charge in [-0.25, -0.2) is 9.78 Å². The van der Waals surface area contributed by atoms with Crippen molar-refractivity contribution in [1.29, 1.82) is 0 Å². The molecule has 3 rings (SSSR count). The second-order valence-electron chi connectivity index (χ2n) is 7.02. The second kappa shape index (κ2) is 8.78. The highest BCUT2D eigenvalue weighted by Gasteiger charge is 2.39. The molecule has 2 fully saturated rings. The molecule has 2 aliphatic heterocycles. The predicted octanol–water partition coefficient (Wildman–Crippen LogP) is 3.36. The van der Waals surface area contributed by atoms with Crippen LogP contribution < -0.4 is 4.74 Å². The lowest BCUT2D eigenvalue weighted by atomic mass is 9.99. The minimum atomic E-state index is -0.216. The Kier molecular flexibility index (Phi) is 6.42. The first kappa shape index (κ1) is 19.7. The quantitative estimate of drug-likeness (QED) is 0.690. The highest BCUT2D eigenvalue weighted by atomic mass is 35.5. The molecule has 3 heterocycles. The van der Waals surface area contributed by atoms with Crippen molar-refractivity contribution < 1.29 is 19.1 Å². The first-order valence-electron chi connectivity index (χ1n) is 9.49. The van der Waals surface area contributed by atoms with Crippen molar-refractivity contribution in [2.45, 2.75) is 51.1 Å². The highest BCUT2D eigenvalue weighted by Crippen LogP contribution is 2.27. The van der Waals surface area contributed by atoms with E-state index in [1.54, 1.807) is 17.0 Å². The number of methoxy groups -OCH3 is 1. The third-order valence-corrected chi connectivity index (χ3v) is 5.46. The lowest BCUT2D eigenvalue weighted by Gasteiger charge is -2.38. The summed E-state index contributed by atoms with van der Waals surface area (Å²) in [5.41, 5.74) is 0.465. The van der Waals surface area contributed by atoms with Gasteiger partial charge in [0.1, 0.15) is 11.8 Å². The van der Waals surface area contributed by atoms with Gasteiger partial charge >= 0.3 is 6.09 Å². The summed E-state index contributed by atoms with van der Waals surface area (Å²) in [6.07, 6.45) is 4.44. The van der Waals surface area contributed by atoms with E-state index in [1.807, 2.05) is 4.90 Å². The lowest BCUT2D eigenvalue weighted by Crippen LogP contribution is -2.49. The van der Waals surface area contributed by atoms with Crippen LogP contribution in [-0.4, -0.2) is 65.7 Å². The van der Waals surface area contributed by atoms with E-state index in [0.29, 0.717) is 31.1 Å². The fourth-order valence-electron chi connectivity index (χ4n) is 3.81. The average molecular weight is 396 g/mol. The standard InChI is InChI=1S/C19H26ClN3O4/c1-3-4-5-15-12-27-19(25)23(15)14-6-8-22(9-7-14)18(24)13-10-16(20)21-17(11-13)26-2/h10-11,14-15H,3-9,12H2,1-2H3. The van der Waals surface area contributed by atoms with Crippen molar-refractivity contribution in [3.05, 3.63) is 22.8 Å². The molecule has 2 amide bonds. The van der Waals surface area contributed by atoms with Crippen LogP contribution in [0.4, 0.5) is 4.79 Å². The van der Waals surface area contributed by atoms with Gasteiger partial charge in [0.15, 0.2) is 0 Å². The Morgan fingerprint density at radius 3 is 2.78 bits per heavy atom. The van der Waals surface area contributed by atoms with Crippen LogP contribution in [0, 0.1) is 0 Å². The molecule has 0 saturated carbocycles. The van der Waals surface area contributed by atoms with Crippen LogP contribution >= 0.6 is 11.6 Å². The fraction of sp³-hybridized carbons (Fsp3) is 0.632. The fourth-order valence-corrected chi connectivity index (χ4v) is 4.01. The topological polar surface area (TPSA) is 72.0 Å². The molecule has 1 aromatic heterocycles. The number of unbranched alkanes of at least 4 members (excludes halogenated alkanes) is 1. The number of carbonyl (C=O) groups is 2. The number of nitrogens with zero attached hydrogens (tertiary/aromatic N) is 3. The number of rotatable bonds is 6. The molecule has 0 N–H and O–H groups in total. The summed E-state index contributed by atoms with van der Waals surface area (Å²) in [7, 11) is 1.49. The third kappa shape index (κ3) is 4.46. The Bertz CT molecular complexity index is 692. The van der Waals surface area contributed by atoms with E-state index >= 15 is 0 Å². The number of halogens is 1. The summed E-state index contributed by atoms with van der Waals surface area (Å²) in [5, 5.41) is 0.228. The maximum atomic E-state index is 12.8. The molecule has 1 aromatic rings. The van der Waals surface area contributed by atoms with Gasteiger partial charge in [0, 0.05) is 30.8 Å². The van der Waals surface area contributed by atoms with Crippen molar-refractivity contribution in [1.82, 2.24) is 14.8 Å². The van der Waals surface area contributed by atoms with Crippen molar-refractivity contribution in [2.75, 3.05) is 26.8 Å². The Hall–Kier alpha value is -2.02. The van der Waals surface area contributed by atoms with Crippen LogP contribution in [-0.2, 0) is 4.74 Å². The van der Waals surface area contributed by atoms with E-state index in [1.165, 1.54) is 7.11 Å². The monoisotopic (exact) mass is 395 g/mol. The summed E-state index contributed by atoms with van der Waals surface area (Å²) in [6.45, 7) is 3.81. The minimum absolute atomic E-state index is 0.0948. The zero-order valence-electron chi connectivity index (χ0n) is 15.8. The SMILES string of the molecule is CCCCC1COC(=O)N1C1CCN(C(=O)c2cc(Cl)nc(OC)c2)CC1. The van der Waals surface area contributed by atoms with Crippen molar-refractivity contribution in [3.63, 3.8) is 0 Å². The van der Waals surface area contributed by atoms with Crippen LogP contribution in [0.15, 0.2) is 12.1 Å². The van der Waals surface area contributed by atoms with E-state index in [4.69, 9.17) is 21.1 Å². The van der Waals surface area contributed by atoms with Gasteiger partial charge in [-0.15, -0.1) is 0 Å². The summed E-state index contributed by atoms with van der Waals surface area (Å²) in [6, 6.07) is 3.44. The molecule has 148 valence electrons. The summed E-state index contributed by atoms with van der Waals surface area (Å²) in [4.78, 5) is 32.7. The smallest absolute Gasteiger partial charge is 0.410 e. The van der Waals surface area contributed by atoms with E-state index in [-0.39, 0.29) is 29.2 Å². The maximum Gasteiger partial charge on any atom is 0.410 e. The Morgan fingerprint density at radius 2 is 2.11 bits per heavy atom. The molecule has 0 spiro atoms. The molecule has 0 bridgehead atoms. The normalized spacial score (nSPS) is 20.7. The number of carbonyl (C=O) groups excluding carboxylic acids is 2. The van der Waals surface area contributed by atoms with Gasteiger partial charge in [0.25, 0.3) is 5.91 Å². The molecule has 1 unspecified atom stereocenters. The number of pyridine rings is 1. The summed E-state index contributed by atoms with van der Waals surface area (Å²) < 4.78 is 10.4. The number of amides is 2. The van der Waals surface area contributed by atoms with E-state index in [0.717, 1.165) is 32.1 Å². The maximum absolute atomic E-state index is 12.8. The number of aromatic nitrogens is 1. The summed E-state index contributed by atoms with van der Waals surface area (Å²) in [5.74, 6) is 0.224. The number of ether oxygens (including phenoxy) is 2. The van der Waals surface area contributed by atoms with Crippen LogP contribution in [0.2, 0.25) is 5.15 Å². The lowest BCUT2D eigenvalue weighted by molar-refractivity contribution is 0.0633. The van der Waals surface area contributed by atoms with Gasteiger partial charge in [-0.2, -0.15) is 0 Å². The van der Waals surface area contributed by atoms with Crippen molar-refractivity contribution in [2.24, 2.45) is 0 Å². The molecule has 1 atom stereocenters. The minimum Gasteiger partial charge on any atom is -0.481 e. The molecule has 0 radical (unpaired) electrons. The average Bonchev–Trinajstić information content (AvgIpc) is 3.05. The molecule has 2 saturated heterocycles. The van der Waals surface area contributed by atoms with Gasteiger partial charge in [0.05, 0.1) is 13.2 Å². The first-order valence-corrected chi connectivity index (χ1v) is 9.87. The van der Waals surface area contributed by atoms with Gasteiger partial charge in [-0.1, -0.05) is 31.4 Å². The molecule has 7 nitrogen and oxygen atoms in total.